The van der Waals surface area contributed by atoms with Crippen LogP contribution < -0.4 is 20.7 Å². The van der Waals surface area contributed by atoms with E-state index in [9.17, 15) is 4.79 Å². The molecule has 0 atom stereocenters. The van der Waals surface area contributed by atoms with Crippen LogP contribution in [0.5, 0.6) is 0 Å². The summed E-state index contributed by atoms with van der Waals surface area (Å²) in [6.45, 7) is 23.3. The maximum absolute atomic E-state index is 14.2. The first kappa shape index (κ1) is 23.3. The van der Waals surface area contributed by atoms with Gasteiger partial charge in [-0.3, -0.25) is 9.80 Å². The number of carbonyl (C=O) groups excluding carboxylic acids is 1. The summed E-state index contributed by atoms with van der Waals surface area (Å²) < 4.78 is 0. The van der Waals surface area contributed by atoms with Gasteiger partial charge in [0.1, 0.15) is 0 Å². The van der Waals surface area contributed by atoms with E-state index in [1.807, 2.05) is 9.80 Å². The lowest BCUT2D eigenvalue weighted by Gasteiger charge is -2.47. The van der Waals surface area contributed by atoms with Gasteiger partial charge in [-0.1, -0.05) is 100 Å². The molecular weight excluding hydrogens is 414 g/mol. The summed E-state index contributed by atoms with van der Waals surface area (Å²) in [7, 11) is 0. The number of anilines is 2. The fraction of sp³-hybridized carbons (Fsp3) is 0.483. The van der Waals surface area contributed by atoms with E-state index in [0.29, 0.717) is 13.4 Å². The molecule has 0 saturated carbocycles. The third-order valence-corrected chi connectivity index (χ3v) is 8.27. The monoisotopic (exact) mass is 452 g/mol. The van der Waals surface area contributed by atoms with E-state index in [4.69, 9.17) is 0 Å². The topological polar surface area (TPSA) is 23.6 Å². The molecule has 34 heavy (non-hydrogen) atoms. The van der Waals surface area contributed by atoms with E-state index in [1.54, 1.807) is 0 Å². The van der Waals surface area contributed by atoms with Crippen LogP contribution in [0.2, 0.25) is 12.6 Å². The number of rotatable bonds is 2. The van der Waals surface area contributed by atoms with Gasteiger partial charge in [0.2, 0.25) is 13.4 Å². The second-order valence-corrected chi connectivity index (χ2v) is 13.2. The van der Waals surface area contributed by atoms with Crippen molar-refractivity contribution in [3.63, 3.8) is 0 Å². The molecule has 0 saturated heterocycles. The number of amides is 2. The van der Waals surface area contributed by atoms with Gasteiger partial charge in [-0.25, -0.2) is 4.79 Å². The van der Waals surface area contributed by atoms with Gasteiger partial charge < -0.3 is 0 Å². The van der Waals surface area contributed by atoms with Crippen LogP contribution in [-0.4, -0.2) is 19.5 Å². The van der Waals surface area contributed by atoms with Crippen molar-refractivity contribution in [2.75, 3.05) is 9.80 Å². The molecule has 0 bridgehead atoms. The maximum atomic E-state index is 14.2. The Morgan fingerprint density at radius 3 is 1.41 bits per heavy atom. The summed E-state index contributed by atoms with van der Waals surface area (Å²) in [4.78, 5) is 18.3. The quantitative estimate of drug-likeness (QED) is 0.461. The molecule has 0 aliphatic carbocycles. The van der Waals surface area contributed by atoms with Crippen LogP contribution in [0.15, 0.2) is 46.6 Å². The van der Waals surface area contributed by atoms with Gasteiger partial charge >= 0.3 is 6.03 Å². The van der Waals surface area contributed by atoms with E-state index in [2.05, 4.69) is 93.5 Å². The molecule has 2 amide bonds. The van der Waals surface area contributed by atoms with E-state index in [-0.39, 0.29) is 16.9 Å². The molecule has 3 aliphatic rings. The Bertz CT molecular complexity index is 1210. The first-order chi connectivity index (χ1) is 15.7. The Morgan fingerprint density at radius 2 is 1.06 bits per heavy atom. The number of hydrogen-bond donors (Lipinski definition) is 0. The van der Waals surface area contributed by atoms with Gasteiger partial charge in [-0.05, 0) is 43.9 Å². The predicted octanol–water partition coefficient (Wildman–Crippen LogP) is 6.78. The Balaban J connectivity index is 1.86. The molecule has 0 radical (unpaired) electrons. The standard InChI is InChI=1S/C29H38B2N2O/c1-17-19(3)32-25-22(30(17)15-28(5,6)7)13-11-21-12-14-23-26(24(21)25)33(27(32)34)20(4)18(2)31(23)16-29(8,9)10/h11-14H,15-16H2,1-10H3. The van der Waals surface area contributed by atoms with Crippen LogP contribution in [0.1, 0.15) is 69.2 Å². The van der Waals surface area contributed by atoms with Crippen molar-refractivity contribution >= 4 is 52.5 Å². The molecular formula is C29H38B2N2O. The number of allylic oxidation sites excluding steroid dienone is 4. The number of carbonyl (C=O) groups is 1. The van der Waals surface area contributed by atoms with E-state index >= 15 is 0 Å². The van der Waals surface area contributed by atoms with Crippen LogP contribution in [-0.2, 0) is 0 Å². The molecule has 2 aromatic carbocycles. The van der Waals surface area contributed by atoms with Crippen LogP contribution in [0.4, 0.5) is 16.2 Å². The molecule has 0 fully saturated rings. The number of benzene rings is 2. The van der Waals surface area contributed by atoms with Crippen molar-refractivity contribution < 1.29 is 4.79 Å². The van der Waals surface area contributed by atoms with Gasteiger partial charge in [0.25, 0.3) is 0 Å². The minimum Gasteiger partial charge on any atom is -0.267 e. The summed E-state index contributed by atoms with van der Waals surface area (Å²) >= 11 is 0. The average Bonchev–Trinajstić information content (AvgIpc) is 2.72. The summed E-state index contributed by atoms with van der Waals surface area (Å²) in [5, 5.41) is 2.48. The fourth-order valence-electron chi connectivity index (χ4n) is 6.45. The smallest absolute Gasteiger partial charge is 0.267 e. The lowest BCUT2D eigenvalue weighted by Crippen LogP contribution is -2.57. The van der Waals surface area contributed by atoms with Gasteiger partial charge in [-0.15, -0.1) is 0 Å². The van der Waals surface area contributed by atoms with Gasteiger partial charge in [0.15, 0.2) is 0 Å². The SMILES string of the molecule is CC1=C(C)N2C(=O)N3C(C)=C(C)B(CC(C)(C)C)c4ccc5ccc(c2c5c43)B1CC(C)(C)C. The molecule has 176 valence electrons. The zero-order valence-corrected chi connectivity index (χ0v) is 22.7. The lowest BCUT2D eigenvalue weighted by atomic mass is 9.33. The van der Waals surface area contributed by atoms with Crippen molar-refractivity contribution in [2.24, 2.45) is 10.8 Å². The summed E-state index contributed by atoms with van der Waals surface area (Å²) in [5.41, 5.74) is 10.1. The average molecular weight is 452 g/mol. The third-order valence-electron chi connectivity index (χ3n) is 8.27. The summed E-state index contributed by atoms with van der Waals surface area (Å²) in [6.07, 6.45) is 2.14. The zero-order valence-electron chi connectivity index (χ0n) is 22.7. The highest BCUT2D eigenvalue weighted by molar-refractivity contribution is 6.84. The lowest BCUT2D eigenvalue weighted by molar-refractivity contribution is 0.254. The minimum absolute atomic E-state index is 0.0748. The second kappa shape index (κ2) is 7.29. The Hall–Kier alpha value is -2.42. The normalized spacial score (nSPS) is 18.1. The Kier molecular flexibility index (Phi) is 5.00. The Labute approximate surface area is 206 Å². The zero-order chi connectivity index (χ0) is 24.9. The Morgan fingerprint density at radius 1 is 0.676 bits per heavy atom. The van der Waals surface area contributed by atoms with Gasteiger partial charge in [-0.2, -0.15) is 0 Å². The first-order valence-corrected chi connectivity index (χ1v) is 12.8. The van der Waals surface area contributed by atoms with Crippen molar-refractivity contribution in [3.05, 3.63) is 46.6 Å². The molecule has 3 nitrogen and oxygen atoms in total. The van der Waals surface area contributed by atoms with Gasteiger partial charge in [0.05, 0.1) is 11.4 Å². The van der Waals surface area contributed by atoms with Crippen LogP contribution >= 0.6 is 0 Å². The van der Waals surface area contributed by atoms with E-state index in [0.717, 1.165) is 35.4 Å². The molecule has 5 rings (SSSR count). The first-order valence-electron chi connectivity index (χ1n) is 12.8. The fourth-order valence-corrected chi connectivity index (χ4v) is 6.45. The molecule has 5 heteroatoms. The highest BCUT2D eigenvalue weighted by Gasteiger charge is 2.46. The molecule has 0 spiro atoms. The van der Waals surface area contributed by atoms with Crippen LogP contribution in [0, 0.1) is 10.8 Å². The van der Waals surface area contributed by atoms with Crippen LogP contribution in [0.25, 0.3) is 10.8 Å². The number of hydrogen-bond acceptors (Lipinski definition) is 1. The van der Waals surface area contributed by atoms with E-state index < -0.39 is 0 Å². The summed E-state index contributed by atoms with van der Waals surface area (Å²) in [6, 6.07) is 9.21. The van der Waals surface area contributed by atoms with Gasteiger partial charge in [0, 0.05) is 16.8 Å². The highest BCUT2D eigenvalue weighted by Crippen LogP contribution is 2.47. The van der Waals surface area contributed by atoms with Crippen LogP contribution in [0.3, 0.4) is 0 Å². The summed E-state index contributed by atoms with van der Waals surface area (Å²) in [5.74, 6) is 0. The highest BCUT2D eigenvalue weighted by atomic mass is 16.2. The van der Waals surface area contributed by atoms with E-state index in [1.165, 1.54) is 32.6 Å². The molecule has 3 heterocycles. The van der Waals surface area contributed by atoms with Crippen molar-refractivity contribution in [1.82, 2.24) is 0 Å². The number of nitrogens with zero attached hydrogens (tertiary/aromatic N) is 2. The maximum Gasteiger partial charge on any atom is 0.337 e. The number of urea groups is 1. The predicted molar refractivity (Wildman–Crippen MR) is 150 cm³/mol. The van der Waals surface area contributed by atoms with Crippen molar-refractivity contribution in [1.29, 1.82) is 0 Å². The molecule has 3 aliphatic heterocycles. The van der Waals surface area contributed by atoms with Crippen molar-refractivity contribution in [3.8, 4) is 0 Å². The molecule has 0 aromatic heterocycles. The largest absolute Gasteiger partial charge is 0.337 e. The second-order valence-electron chi connectivity index (χ2n) is 13.2. The minimum atomic E-state index is 0.0748. The molecule has 0 unspecified atom stereocenters. The molecule has 2 aromatic rings. The molecule has 0 N–H and O–H groups in total. The third kappa shape index (κ3) is 3.30. The van der Waals surface area contributed by atoms with Crippen molar-refractivity contribution in [2.45, 2.75) is 81.9 Å².